The van der Waals surface area contributed by atoms with E-state index in [1.165, 1.54) is 29.2 Å². The van der Waals surface area contributed by atoms with Crippen molar-refractivity contribution in [1.29, 1.82) is 0 Å². The van der Waals surface area contributed by atoms with Gasteiger partial charge in [-0.3, -0.25) is 4.79 Å². The molecule has 3 aromatic carbocycles. The Hall–Kier alpha value is -3.87. The van der Waals surface area contributed by atoms with Crippen molar-refractivity contribution in [2.75, 3.05) is 30.4 Å². The van der Waals surface area contributed by atoms with Crippen molar-refractivity contribution in [3.05, 3.63) is 89.7 Å². The van der Waals surface area contributed by atoms with Gasteiger partial charge in [-0.25, -0.2) is 9.18 Å². The number of ether oxygens (including phenoxy) is 1. The number of hydrogen-bond donors (Lipinski definition) is 2. The van der Waals surface area contributed by atoms with Crippen molar-refractivity contribution in [3.63, 3.8) is 0 Å². The Morgan fingerprint density at radius 1 is 1.00 bits per heavy atom. The van der Waals surface area contributed by atoms with Crippen LogP contribution in [-0.4, -0.2) is 32.1 Å². The predicted octanol–water partition coefficient (Wildman–Crippen LogP) is 4.61. The van der Waals surface area contributed by atoms with Gasteiger partial charge in [-0.1, -0.05) is 12.1 Å². The summed E-state index contributed by atoms with van der Waals surface area (Å²) in [6.07, 6.45) is 0. The molecule has 0 aliphatic rings. The summed E-state index contributed by atoms with van der Waals surface area (Å²) >= 11 is 0. The Balaban J connectivity index is 1.68. The fraction of sp³-hybridized carbons (Fsp3) is 0.167. The number of urea groups is 1. The molecule has 31 heavy (non-hydrogen) atoms. The fourth-order valence-corrected chi connectivity index (χ4v) is 3.04. The normalized spacial score (nSPS) is 10.3. The Morgan fingerprint density at radius 3 is 2.35 bits per heavy atom. The molecule has 0 aliphatic heterocycles. The number of nitrogens with one attached hydrogen (secondary N) is 2. The molecule has 0 aliphatic carbocycles. The van der Waals surface area contributed by atoms with Crippen LogP contribution >= 0.6 is 0 Å². The highest BCUT2D eigenvalue weighted by atomic mass is 19.1. The molecule has 0 heterocycles. The van der Waals surface area contributed by atoms with Gasteiger partial charge in [0.15, 0.2) is 0 Å². The summed E-state index contributed by atoms with van der Waals surface area (Å²) in [4.78, 5) is 26.8. The van der Waals surface area contributed by atoms with E-state index in [0.29, 0.717) is 22.7 Å². The molecule has 0 unspecified atom stereocenters. The quantitative estimate of drug-likeness (QED) is 0.585. The third-order valence-corrected chi connectivity index (χ3v) is 4.62. The molecular weight excluding hydrogens is 397 g/mol. The highest BCUT2D eigenvalue weighted by Gasteiger charge is 2.18. The van der Waals surface area contributed by atoms with Gasteiger partial charge in [0.25, 0.3) is 5.91 Å². The van der Waals surface area contributed by atoms with Gasteiger partial charge >= 0.3 is 6.03 Å². The van der Waals surface area contributed by atoms with E-state index in [9.17, 15) is 14.0 Å². The van der Waals surface area contributed by atoms with Crippen LogP contribution in [0.2, 0.25) is 0 Å². The number of aryl methyl sites for hydroxylation is 1. The average Bonchev–Trinajstić information content (AvgIpc) is 2.77. The Morgan fingerprint density at radius 2 is 1.71 bits per heavy atom. The molecule has 0 aromatic heterocycles. The van der Waals surface area contributed by atoms with E-state index in [1.807, 2.05) is 25.1 Å². The summed E-state index contributed by atoms with van der Waals surface area (Å²) in [7, 11) is 1.55. The van der Waals surface area contributed by atoms with Gasteiger partial charge < -0.3 is 20.3 Å². The number of anilines is 2. The predicted molar refractivity (Wildman–Crippen MR) is 119 cm³/mol. The van der Waals surface area contributed by atoms with Gasteiger partial charge in [-0.05, 0) is 73.2 Å². The lowest BCUT2D eigenvalue weighted by molar-refractivity contribution is 0.0987. The zero-order valence-electron chi connectivity index (χ0n) is 17.4. The van der Waals surface area contributed by atoms with Crippen molar-refractivity contribution in [1.82, 2.24) is 5.32 Å². The van der Waals surface area contributed by atoms with Crippen LogP contribution in [0.1, 0.15) is 15.9 Å². The maximum absolute atomic E-state index is 13.4. The van der Waals surface area contributed by atoms with Gasteiger partial charge in [0.2, 0.25) is 0 Å². The van der Waals surface area contributed by atoms with Crippen molar-refractivity contribution in [3.8, 4) is 5.75 Å². The molecule has 0 bridgehead atoms. The minimum Gasteiger partial charge on any atom is -0.497 e. The zero-order chi connectivity index (χ0) is 22.2. The first-order chi connectivity index (χ1) is 15.0. The Labute approximate surface area is 180 Å². The molecule has 6 nitrogen and oxygen atoms in total. The van der Waals surface area contributed by atoms with Crippen LogP contribution in [0.25, 0.3) is 0 Å². The van der Waals surface area contributed by atoms with Crippen LogP contribution in [-0.2, 0) is 0 Å². The van der Waals surface area contributed by atoms with Gasteiger partial charge in [-0.2, -0.15) is 0 Å². The van der Waals surface area contributed by atoms with Crippen LogP contribution in [0.5, 0.6) is 5.75 Å². The number of carbonyl (C=O) groups is 2. The molecule has 0 saturated carbocycles. The second-order valence-corrected chi connectivity index (χ2v) is 6.91. The first kappa shape index (κ1) is 21.8. The minimum atomic E-state index is -0.392. The summed E-state index contributed by atoms with van der Waals surface area (Å²) in [5.74, 6) is -0.0224. The molecule has 160 valence electrons. The van der Waals surface area contributed by atoms with Crippen molar-refractivity contribution < 1.29 is 18.7 Å². The van der Waals surface area contributed by atoms with Crippen molar-refractivity contribution in [2.45, 2.75) is 6.92 Å². The molecule has 0 atom stereocenters. The minimum absolute atomic E-state index is 0.205. The molecule has 0 spiro atoms. The summed E-state index contributed by atoms with van der Waals surface area (Å²) in [6, 6.07) is 19.4. The first-order valence-corrected chi connectivity index (χ1v) is 9.79. The number of rotatable bonds is 7. The Kier molecular flexibility index (Phi) is 7.22. The third-order valence-electron chi connectivity index (χ3n) is 4.62. The fourth-order valence-electron chi connectivity index (χ4n) is 3.04. The number of benzene rings is 3. The van der Waals surface area contributed by atoms with Crippen LogP contribution in [0.15, 0.2) is 72.8 Å². The SMILES string of the molecule is COc1ccc(C(=O)N(CCNC(=O)Nc2cccc(C)c2)c2ccc(F)cc2)cc1. The number of amides is 3. The lowest BCUT2D eigenvalue weighted by Gasteiger charge is -2.23. The highest BCUT2D eigenvalue weighted by molar-refractivity contribution is 6.06. The maximum Gasteiger partial charge on any atom is 0.319 e. The number of hydrogen-bond acceptors (Lipinski definition) is 3. The number of nitrogens with zero attached hydrogens (tertiary/aromatic N) is 1. The monoisotopic (exact) mass is 421 g/mol. The van der Waals surface area contributed by atoms with Crippen LogP contribution in [0.3, 0.4) is 0 Å². The molecule has 3 amide bonds. The second kappa shape index (κ2) is 10.2. The molecule has 3 rings (SSSR count). The Bertz CT molecular complexity index is 1040. The van der Waals surface area contributed by atoms with E-state index in [0.717, 1.165) is 5.56 Å². The molecule has 0 saturated heterocycles. The number of methoxy groups -OCH3 is 1. The van der Waals surface area contributed by atoms with Gasteiger partial charge in [0.1, 0.15) is 11.6 Å². The van der Waals surface area contributed by atoms with Gasteiger partial charge in [0.05, 0.1) is 7.11 Å². The largest absolute Gasteiger partial charge is 0.497 e. The lowest BCUT2D eigenvalue weighted by Crippen LogP contribution is -2.40. The topological polar surface area (TPSA) is 70.7 Å². The van der Waals surface area contributed by atoms with E-state index in [-0.39, 0.29) is 25.0 Å². The third kappa shape index (κ3) is 6.05. The molecule has 0 fully saturated rings. The second-order valence-electron chi connectivity index (χ2n) is 6.91. The highest BCUT2D eigenvalue weighted by Crippen LogP contribution is 2.19. The number of carbonyl (C=O) groups excluding carboxylic acids is 2. The summed E-state index contributed by atoms with van der Waals surface area (Å²) in [5.41, 5.74) is 2.70. The van der Waals surface area contributed by atoms with Crippen molar-refractivity contribution >= 4 is 23.3 Å². The van der Waals surface area contributed by atoms with E-state index in [1.54, 1.807) is 37.4 Å². The molecular formula is C24H24FN3O3. The summed E-state index contributed by atoms with van der Waals surface area (Å²) < 4.78 is 18.5. The van der Waals surface area contributed by atoms with E-state index in [4.69, 9.17) is 4.74 Å². The standard InChI is InChI=1S/C24H24FN3O3/c1-17-4-3-5-20(16-17)27-24(30)26-14-15-28(21-10-8-19(25)9-11-21)23(29)18-6-12-22(31-2)13-7-18/h3-13,16H,14-15H2,1-2H3,(H2,26,27,30). The van der Waals surface area contributed by atoms with Crippen molar-refractivity contribution in [2.24, 2.45) is 0 Å². The van der Waals surface area contributed by atoms with E-state index in [2.05, 4.69) is 10.6 Å². The molecule has 7 heteroatoms. The van der Waals surface area contributed by atoms with Crippen LogP contribution in [0.4, 0.5) is 20.6 Å². The lowest BCUT2D eigenvalue weighted by atomic mass is 10.1. The van der Waals surface area contributed by atoms with Gasteiger partial charge in [0, 0.05) is 30.0 Å². The van der Waals surface area contributed by atoms with Crippen LogP contribution in [0, 0.1) is 12.7 Å². The van der Waals surface area contributed by atoms with Crippen LogP contribution < -0.4 is 20.3 Å². The first-order valence-electron chi connectivity index (χ1n) is 9.79. The molecule has 3 aromatic rings. The van der Waals surface area contributed by atoms with Gasteiger partial charge in [-0.15, -0.1) is 0 Å². The maximum atomic E-state index is 13.4. The summed E-state index contributed by atoms with van der Waals surface area (Å²) in [6.45, 7) is 2.35. The summed E-state index contributed by atoms with van der Waals surface area (Å²) in [5, 5.41) is 5.51. The van der Waals surface area contributed by atoms with E-state index < -0.39 is 5.82 Å². The van der Waals surface area contributed by atoms with E-state index >= 15 is 0 Å². The molecule has 2 N–H and O–H groups in total. The smallest absolute Gasteiger partial charge is 0.319 e. The number of halogens is 1. The zero-order valence-corrected chi connectivity index (χ0v) is 17.4. The average molecular weight is 421 g/mol. The molecule has 0 radical (unpaired) electrons.